The van der Waals surface area contributed by atoms with Crippen molar-refractivity contribution >= 4 is 23.8 Å². The largest absolute Gasteiger partial charge is 0.325 e. The molecule has 0 aliphatic heterocycles. The molecule has 0 radical (unpaired) electrons. The molecular formula is C14H17ClN4. The van der Waals surface area contributed by atoms with Crippen molar-refractivity contribution in [3.05, 3.63) is 46.2 Å². The molecule has 1 aromatic carbocycles. The van der Waals surface area contributed by atoms with Gasteiger partial charge in [0.25, 0.3) is 0 Å². The van der Waals surface area contributed by atoms with E-state index in [-0.39, 0.29) is 6.04 Å². The minimum absolute atomic E-state index is 0.248. The predicted molar refractivity (Wildman–Crippen MR) is 78.7 cm³/mol. The molecule has 2 N–H and O–H groups in total. The Labute approximate surface area is 117 Å². The fourth-order valence-electron chi connectivity index (χ4n) is 1.78. The zero-order chi connectivity index (χ0) is 13.8. The molecule has 0 bridgehead atoms. The minimum Gasteiger partial charge on any atom is -0.325 e. The van der Waals surface area contributed by atoms with Crippen molar-refractivity contribution in [1.29, 1.82) is 0 Å². The zero-order valence-corrected chi connectivity index (χ0v) is 11.8. The van der Waals surface area contributed by atoms with Gasteiger partial charge in [-0.15, -0.1) is 5.10 Å². The highest BCUT2D eigenvalue weighted by Gasteiger charge is 2.10. The van der Waals surface area contributed by atoms with Gasteiger partial charge in [0, 0.05) is 17.6 Å². The van der Waals surface area contributed by atoms with Crippen molar-refractivity contribution in [2.75, 3.05) is 0 Å². The molecule has 0 atom stereocenters. The highest BCUT2D eigenvalue weighted by molar-refractivity contribution is 6.30. The van der Waals surface area contributed by atoms with Crippen molar-refractivity contribution < 1.29 is 0 Å². The summed E-state index contributed by atoms with van der Waals surface area (Å²) in [6.07, 6.45) is 4.00. The maximum Gasteiger partial charge on any atom is 0.104 e. The van der Waals surface area contributed by atoms with Gasteiger partial charge >= 0.3 is 0 Å². The lowest BCUT2D eigenvalue weighted by atomic mass is 10.2. The van der Waals surface area contributed by atoms with Crippen LogP contribution in [0.4, 0.5) is 0 Å². The molecule has 0 spiro atoms. The molecule has 5 heteroatoms. The van der Waals surface area contributed by atoms with Crippen LogP contribution in [0.5, 0.6) is 0 Å². The van der Waals surface area contributed by atoms with Crippen LogP contribution in [0.15, 0.2) is 24.3 Å². The quantitative estimate of drug-likeness (QED) is 0.933. The Bertz CT molecular complexity index is 570. The van der Waals surface area contributed by atoms with Gasteiger partial charge in [0.15, 0.2) is 0 Å². The van der Waals surface area contributed by atoms with E-state index >= 15 is 0 Å². The normalized spacial score (nSPS) is 11.6. The highest BCUT2D eigenvalue weighted by atomic mass is 35.5. The summed E-state index contributed by atoms with van der Waals surface area (Å²) in [5.74, 6) is 0. The minimum atomic E-state index is 0.248. The van der Waals surface area contributed by atoms with Gasteiger partial charge in [-0.2, -0.15) is 0 Å². The van der Waals surface area contributed by atoms with Crippen LogP contribution < -0.4 is 5.73 Å². The summed E-state index contributed by atoms with van der Waals surface area (Å²) in [5, 5.41) is 8.96. The highest BCUT2D eigenvalue weighted by Crippen LogP contribution is 2.16. The van der Waals surface area contributed by atoms with Crippen molar-refractivity contribution in [1.82, 2.24) is 15.0 Å². The second-order valence-electron chi connectivity index (χ2n) is 4.55. The van der Waals surface area contributed by atoms with Crippen LogP contribution in [-0.2, 0) is 6.54 Å². The molecule has 1 heterocycles. The van der Waals surface area contributed by atoms with E-state index in [2.05, 4.69) is 24.2 Å². The Balaban J connectivity index is 2.31. The van der Waals surface area contributed by atoms with Gasteiger partial charge in [0.1, 0.15) is 5.69 Å². The molecule has 0 aliphatic carbocycles. The Morgan fingerprint density at radius 1 is 1.26 bits per heavy atom. The number of benzene rings is 1. The average molecular weight is 277 g/mol. The van der Waals surface area contributed by atoms with E-state index in [1.807, 2.05) is 41.1 Å². The summed E-state index contributed by atoms with van der Waals surface area (Å²) in [7, 11) is 0. The summed E-state index contributed by atoms with van der Waals surface area (Å²) in [6, 6.07) is 7.90. The Morgan fingerprint density at radius 2 is 1.95 bits per heavy atom. The number of nitrogens with two attached hydrogens (primary N) is 1. The first-order chi connectivity index (χ1) is 9.11. The van der Waals surface area contributed by atoms with E-state index in [9.17, 15) is 0 Å². The number of rotatable bonds is 4. The van der Waals surface area contributed by atoms with E-state index in [1.54, 1.807) is 0 Å². The van der Waals surface area contributed by atoms with Crippen molar-refractivity contribution in [3.8, 4) is 0 Å². The standard InChI is InChI=1S/C14H17ClN4/c1-10(2)19-14(13(9-16)17-18-19)8-5-11-3-6-12(15)7-4-11/h3-8,10H,9,16H2,1-2H3/b8-5+. The molecule has 0 saturated heterocycles. The molecule has 100 valence electrons. The van der Waals surface area contributed by atoms with Gasteiger partial charge in [-0.3, -0.25) is 0 Å². The SMILES string of the molecule is CC(C)n1nnc(CN)c1/C=C/c1ccc(Cl)cc1. The summed E-state index contributed by atoms with van der Waals surface area (Å²) < 4.78 is 1.87. The van der Waals surface area contributed by atoms with Crippen LogP contribution >= 0.6 is 11.6 Å². The third-order valence-corrected chi connectivity index (χ3v) is 3.04. The molecule has 0 unspecified atom stereocenters. The fourth-order valence-corrected chi connectivity index (χ4v) is 1.91. The molecule has 1 aromatic heterocycles. The molecule has 0 fully saturated rings. The molecular weight excluding hydrogens is 260 g/mol. The maximum absolute atomic E-state index is 5.86. The Kier molecular flexibility index (Phi) is 4.35. The summed E-state index contributed by atoms with van der Waals surface area (Å²) >= 11 is 5.86. The van der Waals surface area contributed by atoms with E-state index in [4.69, 9.17) is 17.3 Å². The predicted octanol–water partition coefficient (Wildman–Crippen LogP) is 3.14. The fraction of sp³-hybridized carbons (Fsp3) is 0.286. The van der Waals surface area contributed by atoms with E-state index < -0.39 is 0 Å². The van der Waals surface area contributed by atoms with E-state index in [0.29, 0.717) is 6.54 Å². The number of hydrogen-bond donors (Lipinski definition) is 1. The van der Waals surface area contributed by atoms with Crippen LogP contribution in [0.25, 0.3) is 12.2 Å². The second kappa shape index (κ2) is 5.99. The molecule has 2 aromatic rings. The van der Waals surface area contributed by atoms with Crippen molar-refractivity contribution in [2.24, 2.45) is 5.73 Å². The van der Waals surface area contributed by atoms with Gasteiger partial charge in [0.2, 0.25) is 0 Å². The number of aromatic nitrogens is 3. The van der Waals surface area contributed by atoms with Gasteiger partial charge in [0.05, 0.1) is 5.69 Å². The van der Waals surface area contributed by atoms with Gasteiger partial charge < -0.3 is 5.73 Å². The number of hydrogen-bond acceptors (Lipinski definition) is 3. The smallest absolute Gasteiger partial charge is 0.104 e. The zero-order valence-electron chi connectivity index (χ0n) is 11.0. The first kappa shape index (κ1) is 13.8. The molecule has 0 amide bonds. The van der Waals surface area contributed by atoms with Crippen LogP contribution in [-0.4, -0.2) is 15.0 Å². The Hall–Kier alpha value is -1.65. The topological polar surface area (TPSA) is 56.7 Å². The van der Waals surface area contributed by atoms with Crippen molar-refractivity contribution in [3.63, 3.8) is 0 Å². The van der Waals surface area contributed by atoms with Gasteiger partial charge in [-0.25, -0.2) is 4.68 Å². The molecule has 19 heavy (non-hydrogen) atoms. The van der Waals surface area contributed by atoms with Crippen LogP contribution in [0.1, 0.15) is 36.8 Å². The average Bonchev–Trinajstić information content (AvgIpc) is 2.81. The second-order valence-corrected chi connectivity index (χ2v) is 4.99. The molecule has 0 saturated carbocycles. The third kappa shape index (κ3) is 3.22. The van der Waals surface area contributed by atoms with Crippen LogP contribution in [0.2, 0.25) is 5.02 Å². The molecule has 2 rings (SSSR count). The van der Waals surface area contributed by atoms with Gasteiger partial charge in [-0.1, -0.05) is 35.0 Å². The summed E-state index contributed by atoms with van der Waals surface area (Å²) in [5.41, 5.74) is 8.51. The third-order valence-electron chi connectivity index (χ3n) is 2.79. The lowest BCUT2D eigenvalue weighted by Crippen LogP contribution is -2.06. The van der Waals surface area contributed by atoms with Crippen LogP contribution in [0, 0.1) is 0 Å². The lowest BCUT2D eigenvalue weighted by molar-refractivity contribution is 0.510. The monoisotopic (exact) mass is 276 g/mol. The van der Waals surface area contributed by atoms with Gasteiger partial charge in [-0.05, 0) is 37.6 Å². The van der Waals surface area contributed by atoms with Crippen molar-refractivity contribution in [2.45, 2.75) is 26.4 Å². The number of halogens is 1. The molecule has 4 nitrogen and oxygen atoms in total. The summed E-state index contributed by atoms with van der Waals surface area (Å²) in [6.45, 7) is 4.51. The maximum atomic E-state index is 5.86. The van der Waals surface area contributed by atoms with E-state index in [1.165, 1.54) is 0 Å². The van der Waals surface area contributed by atoms with E-state index in [0.717, 1.165) is 22.0 Å². The number of nitrogens with zero attached hydrogens (tertiary/aromatic N) is 3. The van der Waals surface area contributed by atoms with Crippen LogP contribution in [0.3, 0.4) is 0 Å². The lowest BCUT2D eigenvalue weighted by Gasteiger charge is -2.07. The first-order valence-electron chi connectivity index (χ1n) is 6.19. The first-order valence-corrected chi connectivity index (χ1v) is 6.57. The molecule has 0 aliphatic rings. The Morgan fingerprint density at radius 3 is 2.53 bits per heavy atom. The summed E-state index contributed by atoms with van der Waals surface area (Å²) in [4.78, 5) is 0.